The van der Waals surface area contributed by atoms with Crippen LogP contribution in [0.25, 0.3) is 10.9 Å². The predicted molar refractivity (Wildman–Crippen MR) is 89.6 cm³/mol. The number of carbonyl (C=O) groups is 1. The Morgan fingerprint density at radius 1 is 1.40 bits per heavy atom. The van der Waals surface area contributed by atoms with Crippen LogP contribution in [0.3, 0.4) is 0 Å². The minimum atomic E-state index is -0.557. The lowest BCUT2D eigenvalue weighted by molar-refractivity contribution is 0.0994. The van der Waals surface area contributed by atoms with Crippen molar-refractivity contribution in [3.63, 3.8) is 0 Å². The number of fused-ring (bicyclic) bond motifs is 2. The predicted octanol–water partition coefficient (Wildman–Crippen LogP) is 0.729. The van der Waals surface area contributed by atoms with E-state index in [1.54, 1.807) is 12.1 Å². The first-order valence-corrected chi connectivity index (χ1v) is 7.71. The number of nitrogens with zero attached hydrogens (tertiary/aromatic N) is 4. The van der Waals surface area contributed by atoms with Gasteiger partial charge >= 0.3 is 0 Å². The zero-order valence-corrected chi connectivity index (χ0v) is 13.5. The molecule has 0 atom stereocenters. The molecule has 4 N–H and O–H groups in total. The van der Waals surface area contributed by atoms with Gasteiger partial charge in [-0.15, -0.1) is 0 Å². The number of ether oxygens (including phenoxy) is 1. The number of nitrogens with one attached hydrogen (secondary N) is 1. The quantitative estimate of drug-likeness (QED) is 0.640. The zero-order chi connectivity index (χ0) is 17.6. The van der Waals surface area contributed by atoms with Crippen LogP contribution in [0.1, 0.15) is 21.7 Å². The number of amides is 1. The summed E-state index contributed by atoms with van der Waals surface area (Å²) in [6.07, 6.45) is 2.14. The molecule has 2 aromatic heterocycles. The fourth-order valence-electron chi connectivity index (χ4n) is 3.15. The molecule has 0 radical (unpaired) electrons. The van der Waals surface area contributed by atoms with Crippen molar-refractivity contribution >= 4 is 22.6 Å². The number of nitrogens with two attached hydrogens (primary N) is 1. The van der Waals surface area contributed by atoms with Crippen molar-refractivity contribution in [3.05, 3.63) is 35.4 Å². The standard InChI is InChI=1S/C16H16N6O3/c1-25-13-4-8-11(5-12(13)23)18-7-19-16(8)22-3-2-10-9(6-22)14(15(17)24)21-20-10/h4-5,7,23H,2-3,6H2,1H3,(H2,17,24)(H,20,21). The number of hydrogen-bond donors (Lipinski definition) is 3. The summed E-state index contributed by atoms with van der Waals surface area (Å²) in [5.41, 5.74) is 7.97. The van der Waals surface area contributed by atoms with Crippen molar-refractivity contribution in [2.45, 2.75) is 13.0 Å². The Morgan fingerprint density at radius 3 is 3.00 bits per heavy atom. The van der Waals surface area contributed by atoms with E-state index < -0.39 is 5.91 Å². The molecule has 4 rings (SSSR count). The molecule has 3 heterocycles. The van der Waals surface area contributed by atoms with E-state index in [2.05, 4.69) is 20.2 Å². The highest BCUT2D eigenvalue weighted by atomic mass is 16.5. The fourth-order valence-corrected chi connectivity index (χ4v) is 3.15. The van der Waals surface area contributed by atoms with Crippen molar-refractivity contribution in [2.24, 2.45) is 5.73 Å². The van der Waals surface area contributed by atoms with Crippen molar-refractivity contribution in [1.29, 1.82) is 0 Å². The largest absolute Gasteiger partial charge is 0.504 e. The molecule has 1 aliphatic rings. The first-order valence-electron chi connectivity index (χ1n) is 7.71. The summed E-state index contributed by atoms with van der Waals surface area (Å²) in [5, 5.41) is 17.6. The van der Waals surface area contributed by atoms with Gasteiger partial charge in [0.05, 0.1) is 12.6 Å². The molecule has 9 nitrogen and oxygen atoms in total. The minimum absolute atomic E-state index is 0.0198. The smallest absolute Gasteiger partial charge is 0.269 e. The molecule has 128 valence electrons. The minimum Gasteiger partial charge on any atom is -0.504 e. The SMILES string of the molecule is COc1cc2c(N3CCc4[nH]nc(C(N)=O)c4C3)ncnc2cc1O. The maximum atomic E-state index is 11.6. The van der Waals surface area contributed by atoms with Gasteiger partial charge in [-0.1, -0.05) is 0 Å². The molecule has 9 heteroatoms. The van der Waals surface area contributed by atoms with E-state index in [4.69, 9.17) is 10.5 Å². The van der Waals surface area contributed by atoms with Crippen LogP contribution in [-0.4, -0.2) is 44.8 Å². The number of H-pyrrole nitrogens is 1. The average Bonchev–Trinajstić information content (AvgIpc) is 3.03. The van der Waals surface area contributed by atoms with Crippen LogP contribution in [0, 0.1) is 0 Å². The van der Waals surface area contributed by atoms with Gasteiger partial charge in [-0.05, 0) is 6.07 Å². The Hall–Kier alpha value is -3.36. The fraction of sp³-hybridized carbons (Fsp3) is 0.250. The number of phenols is 1. The number of rotatable bonds is 3. The molecule has 0 bridgehead atoms. The normalized spacial score (nSPS) is 13.7. The van der Waals surface area contributed by atoms with Crippen molar-refractivity contribution in [2.75, 3.05) is 18.6 Å². The molecule has 0 saturated carbocycles. The van der Waals surface area contributed by atoms with Gasteiger partial charge in [0, 0.05) is 42.2 Å². The Labute approximate surface area is 142 Å². The summed E-state index contributed by atoms with van der Waals surface area (Å²) in [6.45, 7) is 1.15. The Morgan fingerprint density at radius 2 is 2.24 bits per heavy atom. The van der Waals surface area contributed by atoms with E-state index in [9.17, 15) is 9.90 Å². The highest BCUT2D eigenvalue weighted by Gasteiger charge is 2.26. The summed E-state index contributed by atoms with van der Waals surface area (Å²) in [4.78, 5) is 22.2. The molecule has 0 aliphatic carbocycles. The van der Waals surface area contributed by atoms with E-state index >= 15 is 0 Å². The topological polar surface area (TPSA) is 130 Å². The van der Waals surface area contributed by atoms with Gasteiger partial charge in [-0.3, -0.25) is 9.89 Å². The molecule has 25 heavy (non-hydrogen) atoms. The molecular formula is C16H16N6O3. The van der Waals surface area contributed by atoms with Crippen LogP contribution < -0.4 is 15.4 Å². The second kappa shape index (κ2) is 5.62. The molecule has 0 spiro atoms. The van der Waals surface area contributed by atoms with Gasteiger partial charge < -0.3 is 20.5 Å². The number of hydrogen-bond acceptors (Lipinski definition) is 7. The van der Waals surface area contributed by atoms with Crippen LogP contribution in [-0.2, 0) is 13.0 Å². The third-order valence-corrected chi connectivity index (χ3v) is 4.38. The van der Waals surface area contributed by atoms with E-state index in [0.29, 0.717) is 36.6 Å². The van der Waals surface area contributed by atoms with Gasteiger partial charge in [-0.2, -0.15) is 5.10 Å². The van der Waals surface area contributed by atoms with Gasteiger partial charge in [-0.25, -0.2) is 9.97 Å². The Bertz CT molecular complexity index is 983. The molecule has 0 fully saturated rings. The van der Waals surface area contributed by atoms with Gasteiger partial charge in [0.2, 0.25) is 0 Å². The second-order valence-corrected chi connectivity index (χ2v) is 5.80. The highest BCUT2D eigenvalue weighted by Crippen LogP contribution is 2.35. The van der Waals surface area contributed by atoms with E-state index in [1.807, 2.05) is 4.90 Å². The monoisotopic (exact) mass is 340 g/mol. The number of anilines is 1. The number of carbonyl (C=O) groups excluding carboxylic acids is 1. The van der Waals surface area contributed by atoms with Crippen LogP contribution in [0.5, 0.6) is 11.5 Å². The maximum Gasteiger partial charge on any atom is 0.269 e. The number of phenolic OH excluding ortho intramolecular Hbond substituents is 1. The summed E-state index contributed by atoms with van der Waals surface area (Å²) >= 11 is 0. The van der Waals surface area contributed by atoms with E-state index in [-0.39, 0.29) is 11.4 Å². The van der Waals surface area contributed by atoms with E-state index in [1.165, 1.54) is 13.4 Å². The van der Waals surface area contributed by atoms with Gasteiger partial charge in [0.1, 0.15) is 12.1 Å². The molecule has 1 amide bonds. The number of primary amides is 1. The number of benzene rings is 1. The number of methoxy groups -OCH3 is 1. The maximum absolute atomic E-state index is 11.6. The Kier molecular flexibility index (Phi) is 3.41. The third kappa shape index (κ3) is 2.40. The summed E-state index contributed by atoms with van der Waals surface area (Å²) in [7, 11) is 1.49. The number of aromatic hydroxyl groups is 1. The second-order valence-electron chi connectivity index (χ2n) is 5.80. The summed E-state index contributed by atoms with van der Waals surface area (Å²) < 4.78 is 5.19. The third-order valence-electron chi connectivity index (χ3n) is 4.38. The highest BCUT2D eigenvalue weighted by molar-refractivity contribution is 5.94. The lowest BCUT2D eigenvalue weighted by Gasteiger charge is -2.28. The van der Waals surface area contributed by atoms with Crippen LogP contribution in [0.2, 0.25) is 0 Å². The van der Waals surface area contributed by atoms with Crippen molar-refractivity contribution in [3.8, 4) is 11.5 Å². The van der Waals surface area contributed by atoms with Crippen LogP contribution >= 0.6 is 0 Å². The van der Waals surface area contributed by atoms with Gasteiger partial charge in [0.25, 0.3) is 5.91 Å². The molecule has 3 aromatic rings. The van der Waals surface area contributed by atoms with Gasteiger partial charge in [0.15, 0.2) is 17.2 Å². The van der Waals surface area contributed by atoms with Crippen LogP contribution in [0.15, 0.2) is 18.5 Å². The number of aromatic nitrogens is 4. The zero-order valence-electron chi connectivity index (χ0n) is 13.5. The van der Waals surface area contributed by atoms with Crippen LogP contribution in [0.4, 0.5) is 5.82 Å². The average molecular weight is 340 g/mol. The molecule has 1 aliphatic heterocycles. The lowest BCUT2D eigenvalue weighted by atomic mass is 10.0. The summed E-state index contributed by atoms with van der Waals surface area (Å²) in [6, 6.07) is 3.25. The van der Waals surface area contributed by atoms with Crippen molar-refractivity contribution in [1.82, 2.24) is 20.2 Å². The molecule has 1 aromatic carbocycles. The molecule has 0 saturated heterocycles. The molecular weight excluding hydrogens is 324 g/mol. The first kappa shape index (κ1) is 15.2. The summed E-state index contributed by atoms with van der Waals surface area (Å²) in [5.74, 6) is 0.512. The lowest BCUT2D eigenvalue weighted by Crippen LogP contribution is -2.32. The first-order chi connectivity index (χ1) is 12.1. The van der Waals surface area contributed by atoms with E-state index in [0.717, 1.165) is 16.6 Å². The molecule has 0 unspecified atom stereocenters. The Balaban J connectivity index is 1.80. The number of aromatic amines is 1. The van der Waals surface area contributed by atoms with Crippen molar-refractivity contribution < 1.29 is 14.6 Å².